The summed E-state index contributed by atoms with van der Waals surface area (Å²) in [4.78, 5) is 12.9. The first kappa shape index (κ1) is 21.2. The van der Waals surface area contributed by atoms with Gasteiger partial charge in [0.1, 0.15) is 5.56 Å². The van der Waals surface area contributed by atoms with E-state index in [4.69, 9.17) is 9.47 Å². The van der Waals surface area contributed by atoms with Crippen LogP contribution in [0.25, 0.3) is 0 Å². The van der Waals surface area contributed by atoms with Gasteiger partial charge in [0.05, 0.1) is 14.2 Å². The van der Waals surface area contributed by atoms with Gasteiger partial charge in [0.2, 0.25) is 5.03 Å². The Labute approximate surface area is 174 Å². The minimum absolute atomic E-state index is 0.0793. The number of anilines is 2. The number of hydrogen-bond donors (Lipinski definition) is 3. The lowest BCUT2D eigenvalue weighted by Crippen LogP contribution is -2.20. The van der Waals surface area contributed by atoms with Gasteiger partial charge in [-0.05, 0) is 38.1 Å². The Morgan fingerprint density at radius 2 is 1.60 bits per heavy atom. The molecule has 1 aromatic heterocycles. The van der Waals surface area contributed by atoms with Gasteiger partial charge >= 0.3 is 0 Å². The van der Waals surface area contributed by atoms with E-state index in [0.29, 0.717) is 28.6 Å². The highest BCUT2D eigenvalue weighted by atomic mass is 32.2. The fourth-order valence-electron chi connectivity index (χ4n) is 2.80. The van der Waals surface area contributed by atoms with Crippen molar-refractivity contribution in [1.82, 2.24) is 10.2 Å². The van der Waals surface area contributed by atoms with E-state index >= 15 is 0 Å². The van der Waals surface area contributed by atoms with Gasteiger partial charge in [-0.2, -0.15) is 13.5 Å². The first-order valence-electron chi connectivity index (χ1n) is 8.93. The number of aromatic nitrogens is 2. The predicted molar refractivity (Wildman–Crippen MR) is 113 cm³/mol. The molecule has 0 atom stereocenters. The van der Waals surface area contributed by atoms with Crippen molar-refractivity contribution in [2.75, 3.05) is 24.3 Å². The van der Waals surface area contributed by atoms with Crippen LogP contribution in [0.4, 0.5) is 11.4 Å². The maximum atomic E-state index is 12.9. The lowest BCUT2D eigenvalue weighted by Gasteiger charge is -2.11. The number of rotatable bonds is 7. The largest absolute Gasteiger partial charge is 0.493 e. The van der Waals surface area contributed by atoms with Gasteiger partial charge < -0.3 is 14.8 Å². The molecule has 1 amide bonds. The van der Waals surface area contributed by atoms with Crippen LogP contribution in [0.5, 0.6) is 11.5 Å². The van der Waals surface area contributed by atoms with Crippen LogP contribution in [0, 0.1) is 13.8 Å². The summed E-state index contributed by atoms with van der Waals surface area (Å²) in [6.45, 7) is 3.47. The third-order valence-corrected chi connectivity index (χ3v) is 5.65. The summed E-state index contributed by atoms with van der Waals surface area (Å²) in [5, 5.41) is 8.69. The monoisotopic (exact) mass is 430 g/mol. The Hall–Kier alpha value is -3.53. The number of amides is 1. The number of ether oxygens (including phenoxy) is 2. The van der Waals surface area contributed by atoms with Crippen LogP contribution in [0.3, 0.4) is 0 Å². The first-order valence-corrected chi connectivity index (χ1v) is 10.4. The summed E-state index contributed by atoms with van der Waals surface area (Å²) in [7, 11) is -1.11. The molecule has 1 heterocycles. The lowest BCUT2D eigenvalue weighted by molar-refractivity contribution is 0.102. The minimum atomic E-state index is -4.09. The van der Waals surface area contributed by atoms with E-state index in [-0.39, 0.29) is 5.56 Å². The highest BCUT2D eigenvalue weighted by Crippen LogP contribution is 2.30. The van der Waals surface area contributed by atoms with Gasteiger partial charge in [0, 0.05) is 23.1 Å². The molecule has 0 spiro atoms. The second-order valence-electron chi connectivity index (χ2n) is 6.52. The van der Waals surface area contributed by atoms with Crippen molar-refractivity contribution in [3.8, 4) is 11.5 Å². The molecule has 0 aliphatic carbocycles. The van der Waals surface area contributed by atoms with E-state index in [9.17, 15) is 13.2 Å². The summed E-state index contributed by atoms with van der Waals surface area (Å²) >= 11 is 0. The molecule has 0 aliphatic heterocycles. The average molecular weight is 430 g/mol. The fraction of sp³-hybridized carbons (Fsp3) is 0.200. The molecule has 3 aromatic rings. The van der Waals surface area contributed by atoms with E-state index in [1.807, 2.05) is 6.92 Å². The summed E-state index contributed by atoms with van der Waals surface area (Å²) < 4.78 is 38.5. The van der Waals surface area contributed by atoms with E-state index in [0.717, 1.165) is 5.56 Å². The van der Waals surface area contributed by atoms with Gasteiger partial charge in [0.25, 0.3) is 15.9 Å². The quantitative estimate of drug-likeness (QED) is 0.529. The topological polar surface area (TPSA) is 122 Å². The van der Waals surface area contributed by atoms with Gasteiger partial charge in [-0.3, -0.25) is 14.6 Å². The maximum absolute atomic E-state index is 12.9. The standard InChI is InChI=1S/C20H22N4O5S/c1-12-5-7-14(8-6-12)24-30(26,27)20-18(13(2)22-23-20)19(25)21-15-9-10-16(28-3)17(11-15)29-4/h5-11,24H,1-4H3,(H,21,25)(H,22,23). The van der Waals surface area contributed by atoms with Crippen molar-refractivity contribution in [1.29, 1.82) is 0 Å². The summed E-state index contributed by atoms with van der Waals surface area (Å²) in [6, 6.07) is 11.6. The number of benzene rings is 2. The van der Waals surface area contributed by atoms with Crippen molar-refractivity contribution >= 4 is 27.3 Å². The Kier molecular flexibility index (Phi) is 5.97. The summed E-state index contributed by atoms with van der Waals surface area (Å²) in [5.41, 5.74) is 2.01. The number of hydrogen-bond acceptors (Lipinski definition) is 6. The molecule has 0 saturated heterocycles. The Morgan fingerprint density at radius 3 is 2.23 bits per heavy atom. The molecular formula is C20H22N4O5S. The summed E-state index contributed by atoms with van der Waals surface area (Å²) in [5.74, 6) is 0.298. The van der Waals surface area contributed by atoms with Crippen molar-refractivity contribution < 1.29 is 22.7 Å². The molecule has 9 nitrogen and oxygen atoms in total. The number of aromatic amines is 1. The molecule has 0 unspecified atom stereocenters. The van der Waals surface area contributed by atoms with Gasteiger partial charge in [-0.25, -0.2) is 0 Å². The van der Waals surface area contributed by atoms with Crippen LogP contribution < -0.4 is 19.5 Å². The fourth-order valence-corrected chi connectivity index (χ4v) is 4.02. The molecule has 2 aromatic carbocycles. The lowest BCUT2D eigenvalue weighted by atomic mass is 10.2. The number of nitrogens with zero attached hydrogens (tertiary/aromatic N) is 1. The van der Waals surface area contributed by atoms with Crippen LogP contribution in [0.2, 0.25) is 0 Å². The zero-order valence-corrected chi connectivity index (χ0v) is 17.8. The molecule has 3 rings (SSSR count). The average Bonchev–Trinajstić information content (AvgIpc) is 3.12. The summed E-state index contributed by atoms with van der Waals surface area (Å²) in [6.07, 6.45) is 0. The molecule has 0 fully saturated rings. The Balaban J connectivity index is 1.89. The molecule has 0 aliphatic rings. The smallest absolute Gasteiger partial charge is 0.282 e. The molecule has 0 saturated carbocycles. The number of nitrogens with one attached hydrogen (secondary N) is 3. The van der Waals surface area contributed by atoms with Crippen LogP contribution in [0.1, 0.15) is 21.6 Å². The SMILES string of the molecule is COc1ccc(NC(=O)c2c(S(=O)(=O)Nc3ccc(C)cc3)n[nH]c2C)cc1OC. The van der Waals surface area contributed by atoms with E-state index in [1.54, 1.807) is 49.4 Å². The van der Waals surface area contributed by atoms with Gasteiger partial charge in [0.15, 0.2) is 11.5 Å². The van der Waals surface area contributed by atoms with Crippen molar-refractivity contribution in [3.05, 3.63) is 59.3 Å². The van der Waals surface area contributed by atoms with E-state index in [1.165, 1.54) is 14.2 Å². The molecule has 0 bridgehead atoms. The molecule has 3 N–H and O–H groups in total. The third kappa shape index (κ3) is 4.38. The number of carbonyl (C=O) groups excluding carboxylic acids is 1. The first-order chi connectivity index (χ1) is 14.2. The van der Waals surface area contributed by atoms with Gasteiger partial charge in [-0.1, -0.05) is 17.7 Å². The number of methoxy groups -OCH3 is 2. The normalized spacial score (nSPS) is 11.1. The third-order valence-electron chi connectivity index (χ3n) is 4.34. The molecule has 30 heavy (non-hydrogen) atoms. The molecule has 158 valence electrons. The molecule has 0 radical (unpaired) electrons. The number of sulfonamides is 1. The van der Waals surface area contributed by atoms with Crippen LogP contribution in [0.15, 0.2) is 47.5 Å². The molecular weight excluding hydrogens is 408 g/mol. The van der Waals surface area contributed by atoms with E-state index < -0.39 is 21.0 Å². The van der Waals surface area contributed by atoms with Crippen LogP contribution >= 0.6 is 0 Å². The number of H-pyrrole nitrogens is 1. The van der Waals surface area contributed by atoms with E-state index in [2.05, 4.69) is 20.2 Å². The Morgan fingerprint density at radius 1 is 0.967 bits per heavy atom. The van der Waals surface area contributed by atoms with Crippen molar-refractivity contribution in [3.63, 3.8) is 0 Å². The van der Waals surface area contributed by atoms with Gasteiger partial charge in [-0.15, -0.1) is 0 Å². The Bertz CT molecular complexity index is 1170. The second kappa shape index (κ2) is 8.46. The van der Waals surface area contributed by atoms with Crippen molar-refractivity contribution in [2.45, 2.75) is 18.9 Å². The zero-order valence-electron chi connectivity index (χ0n) is 16.9. The van der Waals surface area contributed by atoms with Crippen molar-refractivity contribution in [2.24, 2.45) is 0 Å². The highest BCUT2D eigenvalue weighted by molar-refractivity contribution is 7.92. The molecule has 10 heteroatoms. The number of aryl methyl sites for hydroxylation is 2. The maximum Gasteiger partial charge on any atom is 0.282 e. The zero-order chi connectivity index (χ0) is 21.9. The minimum Gasteiger partial charge on any atom is -0.493 e. The van der Waals surface area contributed by atoms with Crippen LogP contribution in [-0.4, -0.2) is 38.7 Å². The number of carbonyl (C=O) groups is 1. The van der Waals surface area contributed by atoms with Crippen LogP contribution in [-0.2, 0) is 10.0 Å². The predicted octanol–water partition coefficient (Wildman–Crippen LogP) is 3.10. The second-order valence-corrected chi connectivity index (χ2v) is 8.12. The highest BCUT2D eigenvalue weighted by Gasteiger charge is 2.28.